The van der Waals surface area contributed by atoms with Crippen molar-refractivity contribution in [3.05, 3.63) is 91.0 Å². The summed E-state index contributed by atoms with van der Waals surface area (Å²) in [5, 5.41) is 4.31. The third kappa shape index (κ3) is 10.5. The molecule has 0 amide bonds. The summed E-state index contributed by atoms with van der Waals surface area (Å²) in [5.41, 5.74) is 0. The van der Waals surface area contributed by atoms with E-state index in [9.17, 15) is 0 Å². The average Bonchev–Trinajstić information content (AvgIpc) is 2.82. The zero-order valence-electron chi connectivity index (χ0n) is 15.0. The zero-order chi connectivity index (χ0) is 20.9. The van der Waals surface area contributed by atoms with Gasteiger partial charge in [-0.2, -0.15) is 0 Å². The molecule has 0 fully saturated rings. The molecule has 28 heavy (non-hydrogen) atoms. The molecule has 0 aliphatic rings. The molecule has 144 valence electrons. The van der Waals surface area contributed by atoms with Gasteiger partial charge in [-0.25, -0.2) is 0 Å². The standard InChI is InChI=1S/C18H15P.4CHO.Os/c1-4-10-16(11-5-1)19(17-12-6-2-7-13-17)18-14-8-3-9-15-18;4*1-2;/h1-15H;4*1H;/q;4*-1;+4/p+1. The van der Waals surface area contributed by atoms with Crippen molar-refractivity contribution in [2.75, 3.05) is 0 Å². The third-order valence-electron chi connectivity index (χ3n) is 3.19. The van der Waals surface area contributed by atoms with Crippen LogP contribution in [0.2, 0.25) is 0 Å². The van der Waals surface area contributed by atoms with Crippen molar-refractivity contribution in [1.29, 1.82) is 0 Å². The first-order valence-electron chi connectivity index (χ1n) is 7.42. The van der Waals surface area contributed by atoms with Crippen LogP contribution in [0, 0.1) is 0 Å². The molecule has 0 N–H and O–H groups in total. The summed E-state index contributed by atoms with van der Waals surface area (Å²) in [4.78, 5) is 31.0. The molecule has 0 saturated carbocycles. The van der Waals surface area contributed by atoms with E-state index in [0.717, 1.165) is 0 Å². The summed E-state index contributed by atoms with van der Waals surface area (Å²) in [7, 11) is -0.877. The van der Waals surface area contributed by atoms with E-state index < -0.39 is 7.92 Å². The van der Waals surface area contributed by atoms with Gasteiger partial charge in [-0.15, -0.1) is 0 Å². The molecule has 3 aromatic rings. The van der Waals surface area contributed by atoms with Crippen molar-refractivity contribution in [2.24, 2.45) is 0 Å². The van der Waals surface area contributed by atoms with Gasteiger partial charge in [0.2, 0.25) is 0 Å². The maximum Gasteiger partial charge on any atom is 4.00 e. The van der Waals surface area contributed by atoms with Gasteiger partial charge < -0.3 is 19.2 Å². The van der Waals surface area contributed by atoms with Gasteiger partial charge in [-0.1, -0.05) is 54.6 Å². The Balaban J connectivity index is -0.000000622. The van der Waals surface area contributed by atoms with Crippen molar-refractivity contribution < 1.29 is 39.0 Å². The maximum absolute atomic E-state index is 7.75. The van der Waals surface area contributed by atoms with Crippen LogP contribution in [0.4, 0.5) is 0 Å². The Bertz CT molecular complexity index is 598. The fourth-order valence-electron chi connectivity index (χ4n) is 2.31. The second-order valence-corrected chi connectivity index (χ2v) is 6.96. The molecule has 6 heteroatoms. The van der Waals surface area contributed by atoms with Crippen LogP contribution in [0.1, 0.15) is 0 Å². The number of hydrogen-bond donors (Lipinski definition) is 0. The Morgan fingerprint density at radius 2 is 0.571 bits per heavy atom. The summed E-state index contributed by atoms with van der Waals surface area (Å²) in [6, 6.07) is 32.5. The molecule has 0 radical (unpaired) electrons. The molecule has 0 spiro atoms. The summed E-state index contributed by atoms with van der Waals surface area (Å²) in [6.45, 7) is 13.0. The second kappa shape index (κ2) is 22.4. The molecule has 0 bridgehead atoms. The van der Waals surface area contributed by atoms with Crippen LogP contribution in [-0.4, -0.2) is 27.2 Å². The van der Waals surface area contributed by atoms with E-state index in [4.69, 9.17) is 19.2 Å². The second-order valence-electron chi connectivity index (χ2n) is 4.47. The number of rotatable bonds is 3. The maximum atomic E-state index is 7.75. The molecule has 0 atom stereocenters. The SMILES string of the molecule is [CH-]=O.[CH-]=O.[CH-]=O.[CH-]=O.[Os+4].c1ccc([PH+](c2ccccc2)c2ccccc2)cc1. The topological polar surface area (TPSA) is 68.3 Å². The predicted molar refractivity (Wildman–Crippen MR) is 114 cm³/mol. The monoisotopic (exact) mass is 571 g/mol. The summed E-state index contributed by atoms with van der Waals surface area (Å²) in [5.74, 6) is 0. The van der Waals surface area contributed by atoms with Crippen molar-refractivity contribution in [3.63, 3.8) is 0 Å². The van der Waals surface area contributed by atoms with Crippen molar-refractivity contribution in [2.45, 2.75) is 0 Å². The van der Waals surface area contributed by atoms with Gasteiger partial charge in [-0.05, 0) is 36.4 Å². The minimum absolute atomic E-state index is 0. The Hall–Kier alpha value is -2.59. The van der Waals surface area contributed by atoms with Crippen molar-refractivity contribution in [3.8, 4) is 0 Å². The molecule has 0 heterocycles. The molecule has 0 aliphatic heterocycles. The molecule has 0 unspecified atom stereocenters. The van der Waals surface area contributed by atoms with E-state index in [1.807, 2.05) is 0 Å². The molecular formula is C22H20O4OsP+. The predicted octanol–water partition coefficient (Wildman–Crippen LogP) is 2.08. The van der Waals surface area contributed by atoms with Crippen molar-refractivity contribution in [1.82, 2.24) is 0 Å². The molecule has 3 aromatic carbocycles. The smallest absolute Gasteiger partial charge is 0.545 e. The van der Waals surface area contributed by atoms with E-state index in [1.165, 1.54) is 15.9 Å². The van der Waals surface area contributed by atoms with Crippen LogP contribution in [0.5, 0.6) is 0 Å². The molecule has 0 aliphatic carbocycles. The Morgan fingerprint density at radius 1 is 0.393 bits per heavy atom. The van der Waals surface area contributed by atoms with Gasteiger partial charge in [0.1, 0.15) is 15.9 Å². The molecule has 3 rings (SSSR count). The first-order valence-corrected chi connectivity index (χ1v) is 8.92. The van der Waals surface area contributed by atoms with Gasteiger partial charge in [-0.3, -0.25) is 27.2 Å². The van der Waals surface area contributed by atoms with Crippen LogP contribution >= 0.6 is 7.92 Å². The number of hydrogen-bond acceptors (Lipinski definition) is 4. The van der Waals surface area contributed by atoms with E-state index in [-0.39, 0.29) is 19.8 Å². The molecule has 0 saturated heterocycles. The van der Waals surface area contributed by atoms with Crippen LogP contribution in [0.3, 0.4) is 0 Å². The van der Waals surface area contributed by atoms with Gasteiger partial charge in [0.05, 0.1) is 7.92 Å². The first-order chi connectivity index (χ1) is 13.4. The summed E-state index contributed by atoms with van der Waals surface area (Å²) < 4.78 is 0. The quantitative estimate of drug-likeness (QED) is 0.275. The number of carbonyl (C=O) groups excluding carboxylic acids is 4. The van der Waals surface area contributed by atoms with Crippen LogP contribution in [-0.2, 0) is 39.0 Å². The molecule has 0 aromatic heterocycles. The Morgan fingerprint density at radius 3 is 0.750 bits per heavy atom. The van der Waals surface area contributed by atoms with Gasteiger partial charge in [0.25, 0.3) is 0 Å². The average molecular weight is 570 g/mol. The normalized spacial score (nSPS) is 7.75. The van der Waals surface area contributed by atoms with Gasteiger partial charge in [0, 0.05) is 0 Å². The molecule has 4 nitrogen and oxygen atoms in total. The molecular weight excluding hydrogens is 549 g/mol. The fraction of sp³-hybridized carbons (Fsp3) is 0. The largest absolute Gasteiger partial charge is 4.00 e. The Labute approximate surface area is 180 Å². The van der Waals surface area contributed by atoms with E-state index in [2.05, 4.69) is 118 Å². The van der Waals surface area contributed by atoms with Crippen LogP contribution in [0.25, 0.3) is 0 Å². The summed E-state index contributed by atoms with van der Waals surface area (Å²) >= 11 is 0. The van der Waals surface area contributed by atoms with E-state index in [0.29, 0.717) is 0 Å². The van der Waals surface area contributed by atoms with Crippen LogP contribution in [0.15, 0.2) is 91.0 Å². The number of benzene rings is 3. The summed E-state index contributed by atoms with van der Waals surface area (Å²) in [6.07, 6.45) is 0. The van der Waals surface area contributed by atoms with Gasteiger partial charge in [0.15, 0.2) is 0 Å². The van der Waals surface area contributed by atoms with Crippen LogP contribution < -0.4 is 15.9 Å². The zero-order valence-corrected chi connectivity index (χ0v) is 18.5. The minimum Gasteiger partial charge on any atom is -0.545 e. The Kier molecular flexibility index (Phi) is 24.2. The van der Waals surface area contributed by atoms with Crippen molar-refractivity contribution >= 4 is 51.0 Å². The van der Waals surface area contributed by atoms with Gasteiger partial charge >= 0.3 is 19.8 Å². The fourth-order valence-corrected chi connectivity index (χ4v) is 4.89. The third-order valence-corrected chi connectivity index (χ3v) is 5.92. The minimum atomic E-state index is -0.877. The van der Waals surface area contributed by atoms with E-state index in [1.54, 1.807) is 0 Å². The first kappa shape index (κ1) is 30.1. The van der Waals surface area contributed by atoms with E-state index >= 15 is 0 Å².